The van der Waals surface area contributed by atoms with Crippen LogP contribution in [0, 0.1) is 5.92 Å². The minimum Gasteiger partial charge on any atom is -0.465 e. The van der Waals surface area contributed by atoms with E-state index < -0.39 is 0 Å². The molecule has 4 heteroatoms. The van der Waals surface area contributed by atoms with Gasteiger partial charge in [0.2, 0.25) is 0 Å². The Morgan fingerprint density at radius 2 is 1.75 bits per heavy atom. The molecular weight excluding hydrogens is 272 g/mol. The SMILES string of the molecule is CC(=O)c1ccc(SC(C)C(=O)OCCC(C)C)cc1. The highest BCUT2D eigenvalue weighted by Crippen LogP contribution is 2.24. The molecule has 0 fully saturated rings. The van der Waals surface area contributed by atoms with Crippen molar-refractivity contribution in [1.82, 2.24) is 0 Å². The van der Waals surface area contributed by atoms with Crippen LogP contribution in [0.3, 0.4) is 0 Å². The van der Waals surface area contributed by atoms with Gasteiger partial charge < -0.3 is 4.74 Å². The fourth-order valence-electron chi connectivity index (χ4n) is 1.53. The molecule has 20 heavy (non-hydrogen) atoms. The fraction of sp³-hybridized carbons (Fsp3) is 0.500. The quantitative estimate of drug-likeness (QED) is 0.434. The molecule has 0 heterocycles. The molecule has 0 aliphatic rings. The lowest BCUT2D eigenvalue weighted by molar-refractivity contribution is -0.142. The molecule has 110 valence electrons. The molecule has 1 aromatic rings. The highest BCUT2D eigenvalue weighted by molar-refractivity contribution is 8.00. The summed E-state index contributed by atoms with van der Waals surface area (Å²) in [6, 6.07) is 7.28. The number of carbonyl (C=O) groups is 2. The molecule has 0 aliphatic carbocycles. The smallest absolute Gasteiger partial charge is 0.319 e. The Morgan fingerprint density at radius 3 is 2.25 bits per heavy atom. The number of benzene rings is 1. The summed E-state index contributed by atoms with van der Waals surface area (Å²) in [5, 5.41) is -0.245. The van der Waals surface area contributed by atoms with Gasteiger partial charge in [-0.2, -0.15) is 0 Å². The third-order valence-corrected chi connectivity index (χ3v) is 3.94. The summed E-state index contributed by atoms with van der Waals surface area (Å²) in [5.41, 5.74) is 0.682. The first-order chi connectivity index (χ1) is 9.40. The highest BCUT2D eigenvalue weighted by Gasteiger charge is 2.16. The zero-order chi connectivity index (χ0) is 15.1. The summed E-state index contributed by atoms with van der Waals surface area (Å²) in [7, 11) is 0. The molecular formula is C16H22O3S. The van der Waals surface area contributed by atoms with E-state index in [-0.39, 0.29) is 17.0 Å². The van der Waals surface area contributed by atoms with E-state index >= 15 is 0 Å². The molecule has 0 radical (unpaired) electrons. The maximum atomic E-state index is 11.8. The van der Waals surface area contributed by atoms with Gasteiger partial charge in [-0.3, -0.25) is 9.59 Å². The van der Waals surface area contributed by atoms with E-state index in [0.29, 0.717) is 18.1 Å². The van der Waals surface area contributed by atoms with Crippen LogP contribution >= 0.6 is 11.8 Å². The molecule has 0 aromatic heterocycles. The number of carbonyl (C=O) groups excluding carboxylic acids is 2. The predicted octanol–water partition coefficient (Wildman–Crippen LogP) is 3.96. The molecule has 0 N–H and O–H groups in total. The first-order valence-electron chi connectivity index (χ1n) is 6.84. The van der Waals surface area contributed by atoms with Crippen LogP contribution in [0.4, 0.5) is 0 Å². The van der Waals surface area contributed by atoms with Crippen LogP contribution in [0.5, 0.6) is 0 Å². The maximum Gasteiger partial charge on any atom is 0.319 e. The summed E-state index contributed by atoms with van der Waals surface area (Å²) in [6.07, 6.45) is 0.885. The molecule has 1 aromatic carbocycles. The lowest BCUT2D eigenvalue weighted by Gasteiger charge is -2.12. The van der Waals surface area contributed by atoms with Crippen LogP contribution in [0.25, 0.3) is 0 Å². The van der Waals surface area contributed by atoms with Crippen molar-refractivity contribution < 1.29 is 14.3 Å². The van der Waals surface area contributed by atoms with E-state index in [9.17, 15) is 9.59 Å². The molecule has 1 atom stereocenters. The van der Waals surface area contributed by atoms with Gasteiger partial charge in [-0.05, 0) is 38.3 Å². The Kier molecular flexibility index (Phi) is 6.79. The van der Waals surface area contributed by atoms with Crippen molar-refractivity contribution in [2.75, 3.05) is 6.61 Å². The van der Waals surface area contributed by atoms with Crippen molar-refractivity contribution in [2.24, 2.45) is 5.92 Å². The van der Waals surface area contributed by atoms with Crippen molar-refractivity contribution in [1.29, 1.82) is 0 Å². The van der Waals surface area contributed by atoms with Crippen molar-refractivity contribution in [2.45, 2.75) is 44.3 Å². The highest BCUT2D eigenvalue weighted by atomic mass is 32.2. The lowest BCUT2D eigenvalue weighted by atomic mass is 10.1. The van der Waals surface area contributed by atoms with Crippen LogP contribution in [0.15, 0.2) is 29.2 Å². The van der Waals surface area contributed by atoms with Crippen molar-refractivity contribution in [3.63, 3.8) is 0 Å². The topological polar surface area (TPSA) is 43.4 Å². The third-order valence-electron chi connectivity index (χ3n) is 2.85. The number of rotatable bonds is 7. The molecule has 1 rings (SSSR count). The summed E-state index contributed by atoms with van der Waals surface area (Å²) < 4.78 is 5.23. The van der Waals surface area contributed by atoms with E-state index in [1.165, 1.54) is 18.7 Å². The average molecular weight is 294 g/mol. The minimum atomic E-state index is -0.245. The van der Waals surface area contributed by atoms with Gasteiger partial charge in [0.25, 0.3) is 0 Å². The van der Waals surface area contributed by atoms with Crippen molar-refractivity contribution in [3.05, 3.63) is 29.8 Å². The summed E-state index contributed by atoms with van der Waals surface area (Å²) in [6.45, 7) is 8.05. The van der Waals surface area contributed by atoms with Crippen molar-refractivity contribution in [3.8, 4) is 0 Å². The number of hydrogen-bond donors (Lipinski definition) is 0. The maximum absolute atomic E-state index is 11.8. The molecule has 0 saturated heterocycles. The number of esters is 1. The summed E-state index contributed by atoms with van der Waals surface area (Å²) in [4.78, 5) is 23.9. The van der Waals surface area contributed by atoms with Crippen LogP contribution < -0.4 is 0 Å². The Balaban J connectivity index is 2.46. The molecule has 3 nitrogen and oxygen atoms in total. The Labute approximate surface area is 125 Å². The van der Waals surface area contributed by atoms with Crippen LogP contribution in [-0.2, 0) is 9.53 Å². The first kappa shape index (κ1) is 16.8. The zero-order valence-electron chi connectivity index (χ0n) is 12.5. The Morgan fingerprint density at radius 1 is 1.15 bits per heavy atom. The zero-order valence-corrected chi connectivity index (χ0v) is 13.3. The second-order valence-corrected chi connectivity index (χ2v) is 6.60. The number of Topliss-reactive ketones (excluding diaryl/α,β-unsaturated/α-hetero) is 1. The van der Waals surface area contributed by atoms with Gasteiger partial charge >= 0.3 is 5.97 Å². The summed E-state index contributed by atoms with van der Waals surface area (Å²) in [5.74, 6) is 0.388. The minimum absolute atomic E-state index is 0.0442. The van der Waals surface area contributed by atoms with Crippen molar-refractivity contribution >= 4 is 23.5 Å². The average Bonchev–Trinajstić information content (AvgIpc) is 2.38. The van der Waals surface area contributed by atoms with Crippen LogP contribution in [0.2, 0.25) is 0 Å². The summed E-state index contributed by atoms with van der Waals surface area (Å²) >= 11 is 1.45. The number of ether oxygens (including phenoxy) is 1. The van der Waals surface area contributed by atoms with Gasteiger partial charge in [-0.15, -0.1) is 11.8 Å². The molecule has 0 bridgehead atoms. The van der Waals surface area contributed by atoms with Gasteiger partial charge in [-0.25, -0.2) is 0 Å². The Bertz CT molecular complexity index is 451. The van der Waals surface area contributed by atoms with Gasteiger partial charge in [-0.1, -0.05) is 26.0 Å². The van der Waals surface area contributed by atoms with Gasteiger partial charge in [0.1, 0.15) is 5.25 Å². The van der Waals surface area contributed by atoms with E-state index in [2.05, 4.69) is 13.8 Å². The normalized spacial score (nSPS) is 12.2. The number of ketones is 1. The third kappa shape index (κ3) is 5.78. The predicted molar refractivity (Wildman–Crippen MR) is 82.2 cm³/mol. The largest absolute Gasteiger partial charge is 0.465 e. The van der Waals surface area contributed by atoms with Gasteiger partial charge in [0.05, 0.1) is 6.61 Å². The molecule has 0 aliphatic heterocycles. The molecule has 0 spiro atoms. The van der Waals surface area contributed by atoms with E-state index in [4.69, 9.17) is 4.74 Å². The van der Waals surface area contributed by atoms with E-state index in [0.717, 1.165) is 11.3 Å². The molecule has 1 unspecified atom stereocenters. The van der Waals surface area contributed by atoms with Gasteiger partial charge in [0, 0.05) is 10.5 Å². The number of thioether (sulfide) groups is 1. The van der Waals surface area contributed by atoms with E-state index in [1.54, 1.807) is 12.1 Å². The van der Waals surface area contributed by atoms with Gasteiger partial charge in [0.15, 0.2) is 5.78 Å². The lowest BCUT2D eigenvalue weighted by Crippen LogP contribution is -2.18. The molecule has 0 amide bonds. The second kappa shape index (κ2) is 8.10. The number of hydrogen-bond acceptors (Lipinski definition) is 4. The monoisotopic (exact) mass is 294 g/mol. The first-order valence-corrected chi connectivity index (χ1v) is 7.72. The van der Waals surface area contributed by atoms with Crippen LogP contribution in [-0.4, -0.2) is 23.6 Å². The second-order valence-electron chi connectivity index (χ2n) is 5.19. The fourth-order valence-corrected chi connectivity index (χ4v) is 2.40. The Hall–Kier alpha value is -1.29. The molecule has 0 saturated carbocycles. The van der Waals surface area contributed by atoms with Crippen LogP contribution in [0.1, 0.15) is 44.5 Å². The van der Waals surface area contributed by atoms with E-state index in [1.807, 2.05) is 19.1 Å². The standard InChI is InChI=1S/C16H22O3S/c1-11(2)9-10-19-16(18)13(4)20-15-7-5-14(6-8-15)12(3)17/h5-8,11,13H,9-10H2,1-4H3.